The third kappa shape index (κ3) is 3.43. The molecule has 3 aromatic rings. The molecule has 11 heteroatoms. The van der Waals surface area contributed by atoms with Crippen molar-refractivity contribution in [2.24, 2.45) is 0 Å². The van der Waals surface area contributed by atoms with E-state index in [0.717, 1.165) is 17.0 Å². The molecular weight excluding hydrogens is 380 g/mol. The average molecular weight is 390 g/mol. The molecule has 0 aliphatic rings. The van der Waals surface area contributed by atoms with Crippen molar-refractivity contribution in [3.05, 3.63) is 66.4 Å². The molecule has 26 heavy (non-hydrogen) atoms. The number of non-ortho nitro benzene ring substituents is 1. The van der Waals surface area contributed by atoms with Crippen molar-refractivity contribution in [1.29, 1.82) is 0 Å². The standard InChI is InChI=1S/C15H10N4O5S2/c1-8-10(5-9(18(21)22)6-12(8)19(23)24)14(20)17-15-16-11(7-26-15)13-3-2-4-25-13/h2-7H,1H3,(H,16,17,20). The summed E-state index contributed by atoms with van der Waals surface area (Å²) in [6, 6.07) is 5.62. The molecule has 0 radical (unpaired) electrons. The van der Waals surface area contributed by atoms with Crippen LogP contribution in [0.3, 0.4) is 0 Å². The van der Waals surface area contributed by atoms with E-state index < -0.39 is 27.1 Å². The number of nitro groups is 2. The number of carbonyl (C=O) groups is 1. The number of hydrogen-bond donors (Lipinski definition) is 1. The molecule has 1 N–H and O–H groups in total. The third-order valence-electron chi connectivity index (χ3n) is 3.52. The zero-order valence-corrected chi connectivity index (χ0v) is 14.8. The SMILES string of the molecule is Cc1c(C(=O)Nc2nc(-c3cccs3)cs2)cc([N+](=O)[O-])cc1[N+](=O)[O-]. The summed E-state index contributed by atoms with van der Waals surface area (Å²) in [5, 5.41) is 28.6. The van der Waals surface area contributed by atoms with E-state index in [1.807, 2.05) is 17.5 Å². The predicted molar refractivity (Wildman–Crippen MR) is 97.9 cm³/mol. The maximum atomic E-state index is 12.5. The molecular formula is C15H10N4O5S2. The fourth-order valence-corrected chi connectivity index (χ4v) is 3.71. The Morgan fingerprint density at radius 2 is 1.96 bits per heavy atom. The smallest absolute Gasteiger partial charge is 0.279 e. The van der Waals surface area contributed by atoms with Gasteiger partial charge >= 0.3 is 0 Å². The van der Waals surface area contributed by atoms with Gasteiger partial charge in [0.05, 0.1) is 32.0 Å². The van der Waals surface area contributed by atoms with Gasteiger partial charge in [0.25, 0.3) is 17.3 Å². The Kier molecular flexibility index (Phi) is 4.73. The quantitative estimate of drug-likeness (QED) is 0.512. The Bertz CT molecular complexity index is 1010. The van der Waals surface area contributed by atoms with E-state index >= 15 is 0 Å². The van der Waals surface area contributed by atoms with Crippen LogP contribution >= 0.6 is 22.7 Å². The molecule has 0 fully saturated rings. The zero-order valence-electron chi connectivity index (χ0n) is 13.2. The molecule has 0 saturated carbocycles. The van der Waals surface area contributed by atoms with E-state index in [9.17, 15) is 25.0 Å². The monoisotopic (exact) mass is 390 g/mol. The Morgan fingerprint density at radius 3 is 2.58 bits per heavy atom. The molecule has 0 aliphatic carbocycles. The second-order valence-electron chi connectivity index (χ2n) is 5.12. The van der Waals surface area contributed by atoms with E-state index in [2.05, 4.69) is 10.3 Å². The van der Waals surface area contributed by atoms with Crippen molar-refractivity contribution in [3.63, 3.8) is 0 Å². The van der Waals surface area contributed by atoms with Gasteiger partial charge in [0.1, 0.15) is 0 Å². The lowest BCUT2D eigenvalue weighted by Crippen LogP contribution is -2.14. The first-order chi connectivity index (χ1) is 12.4. The van der Waals surface area contributed by atoms with Gasteiger partial charge in [-0.25, -0.2) is 4.98 Å². The first-order valence-electron chi connectivity index (χ1n) is 7.11. The largest absolute Gasteiger partial charge is 0.298 e. The fraction of sp³-hybridized carbons (Fsp3) is 0.0667. The molecule has 0 saturated heterocycles. The Morgan fingerprint density at radius 1 is 1.19 bits per heavy atom. The number of rotatable bonds is 5. The van der Waals surface area contributed by atoms with Crippen LogP contribution in [0.1, 0.15) is 15.9 Å². The summed E-state index contributed by atoms with van der Waals surface area (Å²) in [6.07, 6.45) is 0. The highest BCUT2D eigenvalue weighted by Crippen LogP contribution is 2.31. The van der Waals surface area contributed by atoms with Crippen molar-refractivity contribution in [2.75, 3.05) is 5.32 Å². The lowest BCUT2D eigenvalue weighted by atomic mass is 10.0. The van der Waals surface area contributed by atoms with Crippen LogP contribution in [0.4, 0.5) is 16.5 Å². The number of thiazole rings is 1. The van der Waals surface area contributed by atoms with Gasteiger partial charge in [-0.3, -0.25) is 30.3 Å². The predicted octanol–water partition coefficient (Wildman–Crippen LogP) is 4.25. The minimum absolute atomic E-state index is 0.0492. The van der Waals surface area contributed by atoms with Gasteiger partial charge in [0.15, 0.2) is 5.13 Å². The van der Waals surface area contributed by atoms with Crippen LogP contribution in [-0.2, 0) is 0 Å². The number of nitrogens with one attached hydrogen (secondary N) is 1. The van der Waals surface area contributed by atoms with E-state index in [-0.39, 0.29) is 11.1 Å². The van der Waals surface area contributed by atoms with Crippen LogP contribution in [0.5, 0.6) is 0 Å². The van der Waals surface area contributed by atoms with Crippen LogP contribution in [0.15, 0.2) is 35.0 Å². The van der Waals surface area contributed by atoms with Gasteiger partial charge in [-0.15, -0.1) is 22.7 Å². The molecule has 9 nitrogen and oxygen atoms in total. The Labute approximate surface area is 154 Å². The number of nitro benzene ring substituents is 2. The summed E-state index contributed by atoms with van der Waals surface area (Å²) < 4.78 is 0. The third-order valence-corrected chi connectivity index (χ3v) is 5.17. The van der Waals surface area contributed by atoms with Crippen molar-refractivity contribution < 1.29 is 14.6 Å². The molecule has 0 bridgehead atoms. The second-order valence-corrected chi connectivity index (χ2v) is 6.93. The lowest BCUT2D eigenvalue weighted by Gasteiger charge is -2.06. The number of amides is 1. The minimum Gasteiger partial charge on any atom is -0.298 e. The van der Waals surface area contributed by atoms with Crippen LogP contribution in [0.2, 0.25) is 0 Å². The molecule has 2 heterocycles. The molecule has 2 aromatic heterocycles. The van der Waals surface area contributed by atoms with E-state index in [0.29, 0.717) is 10.8 Å². The molecule has 1 aromatic carbocycles. The number of thiophene rings is 1. The minimum atomic E-state index is -0.776. The number of benzene rings is 1. The van der Waals surface area contributed by atoms with Crippen LogP contribution < -0.4 is 5.32 Å². The fourth-order valence-electron chi connectivity index (χ4n) is 2.25. The number of anilines is 1. The van der Waals surface area contributed by atoms with Gasteiger partial charge in [-0.05, 0) is 18.4 Å². The molecule has 3 rings (SSSR count). The van der Waals surface area contributed by atoms with Crippen molar-refractivity contribution in [2.45, 2.75) is 6.92 Å². The van der Waals surface area contributed by atoms with Crippen LogP contribution in [-0.4, -0.2) is 20.7 Å². The summed E-state index contributed by atoms with van der Waals surface area (Å²) >= 11 is 2.69. The van der Waals surface area contributed by atoms with Crippen LogP contribution in [0, 0.1) is 27.2 Å². The van der Waals surface area contributed by atoms with E-state index in [4.69, 9.17) is 0 Å². The number of nitrogens with zero attached hydrogens (tertiary/aromatic N) is 3. The lowest BCUT2D eigenvalue weighted by molar-refractivity contribution is -0.394. The highest BCUT2D eigenvalue weighted by atomic mass is 32.1. The average Bonchev–Trinajstić information content (AvgIpc) is 3.25. The van der Waals surface area contributed by atoms with Gasteiger partial charge < -0.3 is 0 Å². The maximum Gasteiger partial charge on any atom is 0.279 e. The second kappa shape index (κ2) is 6.98. The summed E-state index contributed by atoms with van der Waals surface area (Å²) in [5.74, 6) is -0.693. The molecule has 0 spiro atoms. The number of carbonyl (C=O) groups excluding carboxylic acids is 1. The van der Waals surface area contributed by atoms with Gasteiger partial charge in [0, 0.05) is 17.0 Å². The molecule has 0 unspecified atom stereocenters. The van der Waals surface area contributed by atoms with Crippen molar-refractivity contribution in [3.8, 4) is 10.6 Å². The van der Waals surface area contributed by atoms with Crippen LogP contribution in [0.25, 0.3) is 10.6 Å². The van der Waals surface area contributed by atoms with E-state index in [1.54, 1.807) is 5.38 Å². The number of aromatic nitrogens is 1. The Balaban J connectivity index is 1.92. The first kappa shape index (κ1) is 17.6. The van der Waals surface area contributed by atoms with E-state index in [1.165, 1.54) is 29.6 Å². The van der Waals surface area contributed by atoms with Crippen molar-refractivity contribution >= 4 is 45.1 Å². The highest BCUT2D eigenvalue weighted by Gasteiger charge is 2.25. The summed E-state index contributed by atoms with van der Waals surface area (Å²) in [5.41, 5.74) is -0.400. The van der Waals surface area contributed by atoms with Gasteiger partial charge in [0.2, 0.25) is 0 Å². The van der Waals surface area contributed by atoms with Gasteiger partial charge in [-0.2, -0.15) is 0 Å². The first-order valence-corrected chi connectivity index (χ1v) is 8.87. The highest BCUT2D eigenvalue weighted by molar-refractivity contribution is 7.16. The van der Waals surface area contributed by atoms with Gasteiger partial charge in [-0.1, -0.05) is 6.07 Å². The normalized spacial score (nSPS) is 10.5. The summed E-state index contributed by atoms with van der Waals surface area (Å²) in [7, 11) is 0. The summed E-state index contributed by atoms with van der Waals surface area (Å²) in [6.45, 7) is 1.37. The topological polar surface area (TPSA) is 128 Å². The Hall–Kier alpha value is -3.18. The number of hydrogen-bond acceptors (Lipinski definition) is 8. The molecule has 132 valence electrons. The molecule has 1 amide bonds. The maximum absolute atomic E-state index is 12.5. The zero-order chi connectivity index (χ0) is 18.8. The summed E-state index contributed by atoms with van der Waals surface area (Å²) in [4.78, 5) is 38.3. The molecule has 0 aliphatic heterocycles. The molecule has 0 atom stereocenters. The van der Waals surface area contributed by atoms with Crippen molar-refractivity contribution in [1.82, 2.24) is 4.98 Å².